The number of aromatic nitrogens is 2. The van der Waals surface area contributed by atoms with Crippen LogP contribution in [0.15, 0.2) is 18.5 Å². The van der Waals surface area contributed by atoms with Crippen molar-refractivity contribution < 1.29 is 5.11 Å². The largest absolute Gasteiger partial charge is 0.394 e. The van der Waals surface area contributed by atoms with Gasteiger partial charge in [0.25, 0.3) is 0 Å². The van der Waals surface area contributed by atoms with Gasteiger partial charge in [-0.25, -0.2) is 9.97 Å². The predicted octanol–water partition coefficient (Wildman–Crippen LogP) is -0.531. The van der Waals surface area contributed by atoms with E-state index in [1.165, 1.54) is 0 Å². The first kappa shape index (κ1) is 7.11. The number of hydrogen-bond donors (Lipinski definition) is 2. The first-order valence-electron chi connectivity index (χ1n) is 2.98. The van der Waals surface area contributed by atoms with Gasteiger partial charge in [-0.05, 0) is 6.07 Å². The van der Waals surface area contributed by atoms with Crippen LogP contribution in [0.1, 0.15) is 11.9 Å². The van der Waals surface area contributed by atoms with Crippen LogP contribution in [-0.2, 0) is 0 Å². The van der Waals surface area contributed by atoms with Gasteiger partial charge in [-0.1, -0.05) is 0 Å². The fourth-order valence-corrected chi connectivity index (χ4v) is 0.584. The molecule has 0 spiro atoms. The lowest BCUT2D eigenvalue weighted by atomic mass is 10.3. The van der Waals surface area contributed by atoms with E-state index < -0.39 is 6.04 Å². The summed E-state index contributed by atoms with van der Waals surface area (Å²) in [5.41, 5.74) is 5.42. The van der Waals surface area contributed by atoms with E-state index in [-0.39, 0.29) is 6.61 Å². The molecule has 0 amide bonds. The smallest absolute Gasteiger partial charge is 0.147 e. The zero-order chi connectivity index (χ0) is 7.40. The molecule has 1 aromatic rings. The van der Waals surface area contributed by atoms with Gasteiger partial charge in [0, 0.05) is 12.4 Å². The van der Waals surface area contributed by atoms with Crippen molar-refractivity contribution in [2.24, 2.45) is 5.73 Å². The minimum absolute atomic E-state index is 0.121. The Kier molecular flexibility index (Phi) is 2.30. The van der Waals surface area contributed by atoms with Gasteiger partial charge in [-0.15, -0.1) is 0 Å². The first-order valence-corrected chi connectivity index (χ1v) is 2.98. The molecule has 0 fully saturated rings. The number of nitrogens with zero attached hydrogens (tertiary/aromatic N) is 2. The highest BCUT2D eigenvalue weighted by atomic mass is 16.3. The zero-order valence-corrected chi connectivity index (χ0v) is 5.44. The SMILES string of the molecule is N[C@@H](CO)c1ncccn1. The van der Waals surface area contributed by atoms with Crippen molar-refractivity contribution >= 4 is 0 Å². The zero-order valence-electron chi connectivity index (χ0n) is 5.44. The molecule has 0 aliphatic heterocycles. The molecule has 0 aliphatic carbocycles. The second-order valence-electron chi connectivity index (χ2n) is 1.90. The number of aliphatic hydroxyl groups is 1. The van der Waals surface area contributed by atoms with Crippen molar-refractivity contribution in [1.29, 1.82) is 0 Å². The van der Waals surface area contributed by atoms with Crippen molar-refractivity contribution in [3.05, 3.63) is 24.3 Å². The van der Waals surface area contributed by atoms with E-state index in [9.17, 15) is 0 Å². The van der Waals surface area contributed by atoms with E-state index in [0.29, 0.717) is 5.82 Å². The number of aliphatic hydroxyl groups excluding tert-OH is 1. The summed E-state index contributed by atoms with van der Waals surface area (Å²) in [5, 5.41) is 8.58. The quantitative estimate of drug-likeness (QED) is 0.577. The first-order chi connectivity index (χ1) is 4.84. The molecular weight excluding hydrogens is 130 g/mol. The molecule has 0 radical (unpaired) electrons. The van der Waals surface area contributed by atoms with Crippen molar-refractivity contribution in [2.75, 3.05) is 6.61 Å². The highest BCUT2D eigenvalue weighted by molar-refractivity contribution is 4.93. The van der Waals surface area contributed by atoms with Crippen LogP contribution >= 0.6 is 0 Å². The minimum atomic E-state index is -0.457. The van der Waals surface area contributed by atoms with E-state index in [0.717, 1.165) is 0 Å². The highest BCUT2D eigenvalue weighted by Gasteiger charge is 2.04. The third-order valence-corrected chi connectivity index (χ3v) is 1.11. The van der Waals surface area contributed by atoms with Gasteiger partial charge in [-0.3, -0.25) is 0 Å². The maximum absolute atomic E-state index is 8.58. The molecule has 0 unspecified atom stereocenters. The molecule has 1 rings (SSSR count). The Bertz CT molecular complexity index is 189. The third-order valence-electron chi connectivity index (χ3n) is 1.11. The second kappa shape index (κ2) is 3.24. The lowest BCUT2D eigenvalue weighted by Crippen LogP contribution is -2.17. The molecule has 3 N–H and O–H groups in total. The van der Waals surface area contributed by atoms with E-state index in [1.54, 1.807) is 18.5 Å². The van der Waals surface area contributed by atoms with Gasteiger partial charge in [-0.2, -0.15) is 0 Å². The molecule has 0 bridgehead atoms. The van der Waals surface area contributed by atoms with Crippen LogP contribution in [0.4, 0.5) is 0 Å². The van der Waals surface area contributed by atoms with E-state index in [4.69, 9.17) is 10.8 Å². The third kappa shape index (κ3) is 1.49. The standard InChI is InChI=1S/C6H9N3O/c7-5(4-10)6-8-2-1-3-9-6/h1-3,5,10H,4,7H2/t5-/m0/s1. The van der Waals surface area contributed by atoms with Gasteiger partial charge in [0.05, 0.1) is 12.6 Å². The molecule has 4 heteroatoms. The van der Waals surface area contributed by atoms with Crippen molar-refractivity contribution in [2.45, 2.75) is 6.04 Å². The molecule has 10 heavy (non-hydrogen) atoms. The summed E-state index contributed by atoms with van der Waals surface area (Å²) in [5.74, 6) is 0.477. The summed E-state index contributed by atoms with van der Waals surface area (Å²) in [7, 11) is 0. The van der Waals surface area contributed by atoms with Crippen LogP contribution in [0.5, 0.6) is 0 Å². The molecular formula is C6H9N3O. The molecule has 0 aliphatic rings. The van der Waals surface area contributed by atoms with E-state index in [2.05, 4.69) is 9.97 Å². The Labute approximate surface area is 58.7 Å². The summed E-state index contributed by atoms with van der Waals surface area (Å²) < 4.78 is 0. The van der Waals surface area contributed by atoms with Crippen LogP contribution in [0.25, 0.3) is 0 Å². The van der Waals surface area contributed by atoms with Crippen LogP contribution in [0, 0.1) is 0 Å². The molecule has 0 aromatic carbocycles. The molecule has 4 nitrogen and oxygen atoms in total. The summed E-state index contributed by atoms with van der Waals surface area (Å²) in [6.45, 7) is -0.121. The Morgan fingerprint density at radius 1 is 1.50 bits per heavy atom. The average molecular weight is 139 g/mol. The van der Waals surface area contributed by atoms with E-state index in [1.807, 2.05) is 0 Å². The van der Waals surface area contributed by atoms with Crippen LogP contribution in [0.2, 0.25) is 0 Å². The van der Waals surface area contributed by atoms with Crippen molar-refractivity contribution in [3.63, 3.8) is 0 Å². The topological polar surface area (TPSA) is 72.0 Å². The Balaban J connectivity index is 2.75. The van der Waals surface area contributed by atoms with Crippen LogP contribution in [-0.4, -0.2) is 21.7 Å². The fourth-order valence-electron chi connectivity index (χ4n) is 0.584. The molecule has 1 aromatic heterocycles. The number of rotatable bonds is 2. The lowest BCUT2D eigenvalue weighted by molar-refractivity contribution is 0.263. The summed E-state index contributed by atoms with van der Waals surface area (Å²) in [6.07, 6.45) is 3.19. The maximum Gasteiger partial charge on any atom is 0.147 e. The summed E-state index contributed by atoms with van der Waals surface area (Å²) in [4.78, 5) is 7.71. The maximum atomic E-state index is 8.58. The van der Waals surface area contributed by atoms with Crippen LogP contribution in [0.3, 0.4) is 0 Å². The summed E-state index contributed by atoms with van der Waals surface area (Å²) in [6, 6.07) is 1.24. The highest BCUT2D eigenvalue weighted by Crippen LogP contribution is 1.98. The van der Waals surface area contributed by atoms with Gasteiger partial charge >= 0.3 is 0 Å². The van der Waals surface area contributed by atoms with Crippen molar-refractivity contribution in [1.82, 2.24) is 9.97 Å². The normalized spacial score (nSPS) is 13.0. The molecule has 1 heterocycles. The second-order valence-corrected chi connectivity index (χ2v) is 1.90. The Hall–Kier alpha value is -1.00. The minimum Gasteiger partial charge on any atom is -0.394 e. The van der Waals surface area contributed by atoms with Gasteiger partial charge in [0.15, 0.2) is 0 Å². The summed E-state index contributed by atoms with van der Waals surface area (Å²) >= 11 is 0. The monoisotopic (exact) mass is 139 g/mol. The van der Waals surface area contributed by atoms with Gasteiger partial charge in [0.1, 0.15) is 5.82 Å². The van der Waals surface area contributed by atoms with Gasteiger partial charge in [0.2, 0.25) is 0 Å². The predicted molar refractivity (Wildman–Crippen MR) is 36.0 cm³/mol. The lowest BCUT2D eigenvalue weighted by Gasteiger charge is -2.03. The van der Waals surface area contributed by atoms with Gasteiger partial charge < -0.3 is 10.8 Å². The van der Waals surface area contributed by atoms with Crippen molar-refractivity contribution in [3.8, 4) is 0 Å². The molecule has 54 valence electrons. The Morgan fingerprint density at radius 3 is 2.60 bits per heavy atom. The molecule has 0 saturated heterocycles. The number of nitrogens with two attached hydrogens (primary N) is 1. The Morgan fingerprint density at radius 2 is 2.10 bits per heavy atom. The van der Waals surface area contributed by atoms with Crippen LogP contribution < -0.4 is 5.73 Å². The van der Waals surface area contributed by atoms with E-state index >= 15 is 0 Å². The average Bonchev–Trinajstić information content (AvgIpc) is 2.05. The number of hydrogen-bond acceptors (Lipinski definition) is 4. The molecule has 0 saturated carbocycles. The fraction of sp³-hybridized carbons (Fsp3) is 0.333. The molecule has 1 atom stereocenters.